The van der Waals surface area contributed by atoms with Crippen LogP contribution in [0.15, 0.2) is 0 Å². The summed E-state index contributed by atoms with van der Waals surface area (Å²) in [6.45, 7) is 36.8. The van der Waals surface area contributed by atoms with E-state index >= 15 is 0 Å². The van der Waals surface area contributed by atoms with Crippen molar-refractivity contribution in [3.8, 4) is 0 Å². The maximum Gasteiger partial charge on any atom is 0.413 e. The zero-order chi connectivity index (χ0) is 37.0. The van der Waals surface area contributed by atoms with Crippen LogP contribution < -0.4 is 21.3 Å². The smallest absolute Gasteiger partial charge is 0.307 e. The van der Waals surface area contributed by atoms with Gasteiger partial charge in [-0.2, -0.15) is 0 Å². The van der Waals surface area contributed by atoms with Gasteiger partial charge in [0.15, 0.2) is 0 Å². The van der Waals surface area contributed by atoms with E-state index in [4.69, 9.17) is 18.9 Å². The Hall–Kier alpha value is -0.320. The van der Waals surface area contributed by atoms with Crippen molar-refractivity contribution in [2.24, 2.45) is 0 Å². The minimum Gasteiger partial charge on any atom is -0.307 e. The highest BCUT2D eigenvalue weighted by Gasteiger charge is 2.51. The average Bonchev–Trinajstić information content (AvgIpc) is 3.13. The quantitative estimate of drug-likeness (QED) is 0.189. The molecule has 288 valence electrons. The molecule has 4 aliphatic heterocycles. The van der Waals surface area contributed by atoms with Gasteiger partial charge in [0, 0.05) is 44.3 Å². The Labute approximate surface area is 302 Å². The van der Waals surface area contributed by atoms with E-state index in [0.717, 1.165) is 77.0 Å². The molecule has 4 aliphatic rings. The molecule has 0 radical (unpaired) electrons. The molecule has 4 saturated heterocycles. The molecule has 4 N–H and O–H groups in total. The van der Waals surface area contributed by atoms with E-state index in [-0.39, 0.29) is 68.7 Å². The lowest BCUT2D eigenvalue weighted by molar-refractivity contribution is -0.535. The topological polar surface area (TPSA) is 85.0 Å². The van der Waals surface area contributed by atoms with Gasteiger partial charge in [-0.15, -0.1) is 0 Å². The van der Waals surface area contributed by atoms with Crippen molar-refractivity contribution in [1.29, 1.82) is 0 Å². The Morgan fingerprint density at radius 2 is 0.510 bits per heavy atom. The molecule has 4 unspecified atom stereocenters. The second-order valence-electron chi connectivity index (χ2n) is 22.0. The van der Waals surface area contributed by atoms with Gasteiger partial charge < -0.3 is 21.3 Å². The molecular weight excluding hydrogens is 612 g/mol. The largest absolute Gasteiger partial charge is 0.413 e. The summed E-state index contributed by atoms with van der Waals surface area (Å²) in [7, 11) is 0. The minimum atomic E-state index is -1.63. The molecule has 0 aromatic rings. The number of hydrogen-bond acceptors (Lipinski definition) is 8. The third-order valence-corrected chi connectivity index (χ3v) is 11.3. The first kappa shape index (κ1) is 41.4. The van der Waals surface area contributed by atoms with Crippen molar-refractivity contribution < 1.29 is 18.9 Å². The summed E-state index contributed by atoms with van der Waals surface area (Å²) in [4.78, 5) is 0. The Kier molecular flexibility index (Phi) is 12.0. The van der Waals surface area contributed by atoms with E-state index in [1.807, 2.05) is 0 Å². The van der Waals surface area contributed by atoms with Gasteiger partial charge in [0.2, 0.25) is 0 Å². The van der Waals surface area contributed by atoms with Gasteiger partial charge >= 0.3 is 6.16 Å². The lowest BCUT2D eigenvalue weighted by Crippen LogP contribution is -2.55. The van der Waals surface area contributed by atoms with Gasteiger partial charge in [0.1, 0.15) is 0 Å². The van der Waals surface area contributed by atoms with Crippen LogP contribution in [0.5, 0.6) is 0 Å². The fourth-order valence-corrected chi connectivity index (χ4v) is 10.3. The van der Waals surface area contributed by atoms with Crippen molar-refractivity contribution in [2.45, 2.75) is 263 Å². The molecule has 0 bridgehead atoms. The van der Waals surface area contributed by atoms with Gasteiger partial charge in [-0.25, -0.2) is 0 Å². The summed E-state index contributed by atoms with van der Waals surface area (Å²) in [6, 6.07) is 0. The fourth-order valence-electron chi connectivity index (χ4n) is 10.3. The van der Waals surface area contributed by atoms with Crippen LogP contribution >= 0.6 is 0 Å². The maximum atomic E-state index is 7.41. The van der Waals surface area contributed by atoms with Crippen LogP contribution in [-0.2, 0) is 18.9 Å². The third-order valence-electron chi connectivity index (χ3n) is 11.3. The lowest BCUT2D eigenvalue weighted by Gasteiger charge is -2.44. The van der Waals surface area contributed by atoms with Gasteiger partial charge in [-0.05, 0) is 188 Å². The van der Waals surface area contributed by atoms with Gasteiger partial charge in [-0.1, -0.05) is 0 Å². The second-order valence-corrected chi connectivity index (χ2v) is 22.0. The molecule has 49 heavy (non-hydrogen) atoms. The van der Waals surface area contributed by atoms with E-state index in [0.29, 0.717) is 0 Å². The monoisotopic (exact) mass is 693 g/mol. The second kappa shape index (κ2) is 14.2. The van der Waals surface area contributed by atoms with Crippen molar-refractivity contribution in [1.82, 2.24) is 21.3 Å². The predicted molar refractivity (Wildman–Crippen MR) is 203 cm³/mol. The molecular formula is C41H80N4O4. The number of rotatable bonds is 8. The van der Waals surface area contributed by atoms with Gasteiger partial charge in [-0.3, -0.25) is 18.9 Å². The van der Waals surface area contributed by atoms with Crippen LogP contribution in [0.3, 0.4) is 0 Å². The van der Waals surface area contributed by atoms with Crippen LogP contribution in [0.2, 0.25) is 0 Å². The summed E-state index contributed by atoms with van der Waals surface area (Å²) >= 11 is 0. The first-order valence-electron chi connectivity index (χ1n) is 19.9. The van der Waals surface area contributed by atoms with Crippen LogP contribution in [0.1, 0.15) is 188 Å². The summed E-state index contributed by atoms with van der Waals surface area (Å²) in [5.41, 5.74) is -0.477. The zero-order valence-corrected chi connectivity index (χ0v) is 34.9. The van der Waals surface area contributed by atoms with Crippen molar-refractivity contribution in [3.05, 3.63) is 0 Å². The van der Waals surface area contributed by atoms with Gasteiger partial charge in [0.05, 0.1) is 24.4 Å². The Bertz CT molecular complexity index is 937. The minimum absolute atomic E-state index is 0.000527. The fraction of sp³-hybridized carbons (Fsp3) is 1.00. The van der Waals surface area contributed by atoms with E-state index in [1.54, 1.807) is 0 Å². The molecule has 0 aliphatic carbocycles. The van der Waals surface area contributed by atoms with Crippen LogP contribution in [0.4, 0.5) is 0 Å². The normalized spacial score (nSPS) is 36.2. The van der Waals surface area contributed by atoms with E-state index in [9.17, 15) is 0 Å². The van der Waals surface area contributed by atoms with Crippen molar-refractivity contribution in [2.75, 3.05) is 0 Å². The Balaban J connectivity index is 1.79. The van der Waals surface area contributed by atoms with Crippen LogP contribution in [0, 0.1) is 0 Å². The number of nitrogens with one attached hydrogen (secondary N) is 4. The molecule has 0 amide bonds. The maximum absolute atomic E-state index is 7.41. The molecule has 4 heterocycles. The average molecular weight is 693 g/mol. The van der Waals surface area contributed by atoms with E-state index in [1.165, 1.54) is 0 Å². The first-order chi connectivity index (χ1) is 22.0. The molecule has 0 saturated carbocycles. The molecule has 4 fully saturated rings. The number of ether oxygens (including phenoxy) is 4. The van der Waals surface area contributed by atoms with Crippen LogP contribution in [0.25, 0.3) is 0 Å². The Morgan fingerprint density at radius 1 is 0.327 bits per heavy atom. The predicted octanol–water partition coefficient (Wildman–Crippen LogP) is 8.46. The standard InChI is InChI=1S/C41H80N4O4/c1-33(2)21-17-29(25-37(9,10)42-33)46-41(47-30-18-22-34(3,4)43-38(11,12)26-30,48-31-19-23-35(5,6)44-39(13,14)27-31)49-32-20-24-36(7,8)45-40(15,16)28-32/h29-32,42-45H,17-28H2,1-16H3. The zero-order valence-electron chi connectivity index (χ0n) is 34.9. The third kappa shape index (κ3) is 12.9. The lowest BCUT2D eigenvalue weighted by atomic mass is 9.96. The van der Waals surface area contributed by atoms with Crippen molar-refractivity contribution >= 4 is 0 Å². The molecule has 8 nitrogen and oxygen atoms in total. The van der Waals surface area contributed by atoms with E-state index < -0.39 is 6.16 Å². The van der Waals surface area contributed by atoms with Crippen LogP contribution in [-0.4, -0.2) is 74.9 Å². The summed E-state index contributed by atoms with van der Waals surface area (Å²) in [5.74, 6) is 0. The molecule has 4 atom stereocenters. The summed E-state index contributed by atoms with van der Waals surface area (Å²) in [5, 5.41) is 15.6. The van der Waals surface area contributed by atoms with Gasteiger partial charge in [0.25, 0.3) is 0 Å². The summed E-state index contributed by atoms with van der Waals surface area (Å²) < 4.78 is 29.6. The number of hydrogen-bond donors (Lipinski definition) is 4. The molecule has 0 aromatic heterocycles. The highest BCUT2D eigenvalue weighted by molar-refractivity contribution is 4.99. The molecule has 4 rings (SSSR count). The van der Waals surface area contributed by atoms with E-state index in [2.05, 4.69) is 132 Å². The summed E-state index contributed by atoms with van der Waals surface area (Å²) in [6.07, 6.45) is 8.94. The molecule has 0 spiro atoms. The van der Waals surface area contributed by atoms with Crippen molar-refractivity contribution in [3.63, 3.8) is 0 Å². The molecule has 8 heteroatoms. The Morgan fingerprint density at radius 3 is 0.694 bits per heavy atom. The molecule has 0 aromatic carbocycles. The highest BCUT2D eigenvalue weighted by Crippen LogP contribution is 2.41. The SMILES string of the molecule is CC1(C)CCC(OC(OC2CCC(C)(C)NC(C)(C)C2)(OC2CCC(C)(C)NC(C)(C)C2)OC2CCC(C)(C)NC(C)(C)C2)CC(C)(C)N1. The first-order valence-corrected chi connectivity index (χ1v) is 19.9. The highest BCUT2D eigenvalue weighted by atomic mass is 17.0.